The van der Waals surface area contributed by atoms with Crippen molar-refractivity contribution in [2.24, 2.45) is 5.73 Å². The van der Waals surface area contributed by atoms with Gasteiger partial charge in [0.05, 0.1) is 0 Å². The Morgan fingerprint density at radius 1 is 1.38 bits per heavy atom. The van der Waals surface area contributed by atoms with E-state index in [-0.39, 0.29) is 6.42 Å². The maximum atomic E-state index is 11.0. The number of carboxylic acids is 1. The van der Waals surface area contributed by atoms with Gasteiger partial charge in [-0.1, -0.05) is 18.2 Å². The van der Waals surface area contributed by atoms with Gasteiger partial charge < -0.3 is 10.8 Å². The quantitative estimate of drug-likeness (QED) is 0.803. The Morgan fingerprint density at radius 3 is 2.56 bits per heavy atom. The largest absolute Gasteiger partial charge is 0.481 e. The summed E-state index contributed by atoms with van der Waals surface area (Å²) < 4.78 is 0. The van der Waals surface area contributed by atoms with Gasteiger partial charge in [-0.15, -0.1) is 0 Å². The first kappa shape index (κ1) is 12.0. The molecular formula is C11H14N2O3. The van der Waals surface area contributed by atoms with Gasteiger partial charge in [0, 0.05) is 19.2 Å². The van der Waals surface area contributed by atoms with Crippen LogP contribution in [0.4, 0.5) is 10.5 Å². The number of aryl methyl sites for hydroxylation is 1. The first-order valence-electron chi connectivity index (χ1n) is 4.85. The molecule has 3 N–H and O–H groups in total. The van der Waals surface area contributed by atoms with Gasteiger partial charge >= 0.3 is 12.0 Å². The van der Waals surface area contributed by atoms with Crippen molar-refractivity contribution in [2.45, 2.75) is 12.8 Å². The second kappa shape index (κ2) is 5.16. The highest BCUT2D eigenvalue weighted by atomic mass is 16.4. The molecule has 0 unspecified atom stereocenters. The van der Waals surface area contributed by atoms with Crippen LogP contribution in [0.1, 0.15) is 12.0 Å². The molecule has 1 aromatic rings. The smallest absolute Gasteiger partial charge is 0.319 e. The van der Waals surface area contributed by atoms with Crippen LogP contribution in [0.2, 0.25) is 0 Å². The molecule has 0 atom stereocenters. The molecule has 0 bridgehead atoms. The monoisotopic (exact) mass is 222 g/mol. The van der Waals surface area contributed by atoms with E-state index in [4.69, 9.17) is 10.8 Å². The summed E-state index contributed by atoms with van der Waals surface area (Å²) in [6.07, 6.45) is 0.409. The molecule has 2 amide bonds. The number of carboxylic acid groups (broad SMARTS) is 1. The van der Waals surface area contributed by atoms with Crippen molar-refractivity contribution in [1.29, 1.82) is 0 Å². The van der Waals surface area contributed by atoms with E-state index in [1.165, 1.54) is 4.90 Å². The molecule has 1 rings (SSSR count). The predicted octanol–water partition coefficient (Wildman–Crippen LogP) is 1.22. The van der Waals surface area contributed by atoms with Crippen LogP contribution < -0.4 is 10.6 Å². The Morgan fingerprint density at radius 2 is 2.00 bits per heavy atom. The zero-order chi connectivity index (χ0) is 12.1. The fourth-order valence-electron chi connectivity index (χ4n) is 1.41. The second-order valence-corrected chi connectivity index (χ2v) is 3.42. The molecular weight excluding hydrogens is 208 g/mol. The average molecular weight is 222 g/mol. The molecule has 5 heteroatoms. The molecule has 0 aliphatic rings. The third-order valence-electron chi connectivity index (χ3n) is 2.29. The number of hydrogen-bond donors (Lipinski definition) is 2. The van der Waals surface area contributed by atoms with Crippen molar-refractivity contribution in [3.63, 3.8) is 0 Å². The number of primary amides is 1. The maximum Gasteiger partial charge on any atom is 0.319 e. The molecule has 0 radical (unpaired) electrons. The number of nitrogens with zero attached hydrogens (tertiary/aromatic N) is 1. The number of benzene rings is 1. The number of carbonyl (C=O) groups is 2. The molecule has 0 aromatic heterocycles. The molecule has 0 fully saturated rings. The zero-order valence-electron chi connectivity index (χ0n) is 9.01. The van der Waals surface area contributed by atoms with E-state index in [9.17, 15) is 9.59 Å². The summed E-state index contributed by atoms with van der Waals surface area (Å²) in [4.78, 5) is 22.8. The minimum absolute atomic E-state index is 0.0314. The van der Waals surface area contributed by atoms with Crippen LogP contribution in [-0.4, -0.2) is 24.2 Å². The molecule has 0 aliphatic carbocycles. The van der Waals surface area contributed by atoms with Crippen LogP contribution in [0.3, 0.4) is 0 Å². The van der Waals surface area contributed by atoms with E-state index in [0.29, 0.717) is 12.1 Å². The highest BCUT2D eigenvalue weighted by molar-refractivity contribution is 5.91. The standard InChI is InChI=1S/C11H14N2O3/c1-13(11(12)16)9-5-3-2-4-8(9)6-7-10(14)15/h2-5H,6-7H2,1H3,(H2,12,16)(H,14,15). The van der Waals surface area contributed by atoms with Gasteiger partial charge in [-0.2, -0.15) is 0 Å². The van der Waals surface area contributed by atoms with Crippen LogP contribution in [0.5, 0.6) is 0 Å². The summed E-state index contributed by atoms with van der Waals surface area (Å²) in [6.45, 7) is 0. The van der Waals surface area contributed by atoms with Crippen molar-refractivity contribution in [2.75, 3.05) is 11.9 Å². The molecule has 0 spiro atoms. The lowest BCUT2D eigenvalue weighted by Gasteiger charge is -2.18. The van der Waals surface area contributed by atoms with Gasteiger partial charge in [0.1, 0.15) is 0 Å². The van der Waals surface area contributed by atoms with E-state index in [2.05, 4.69) is 0 Å². The molecule has 1 aromatic carbocycles. The van der Waals surface area contributed by atoms with Crippen molar-refractivity contribution in [3.8, 4) is 0 Å². The van der Waals surface area contributed by atoms with Gasteiger partial charge in [-0.05, 0) is 18.1 Å². The number of rotatable bonds is 4. The third-order valence-corrected chi connectivity index (χ3v) is 2.29. The fraction of sp³-hybridized carbons (Fsp3) is 0.273. The molecule has 5 nitrogen and oxygen atoms in total. The van der Waals surface area contributed by atoms with E-state index < -0.39 is 12.0 Å². The van der Waals surface area contributed by atoms with Crippen molar-refractivity contribution < 1.29 is 14.7 Å². The van der Waals surface area contributed by atoms with Crippen molar-refractivity contribution >= 4 is 17.7 Å². The summed E-state index contributed by atoms with van der Waals surface area (Å²) in [5.74, 6) is -0.864. The van der Waals surface area contributed by atoms with Crippen LogP contribution in [0.15, 0.2) is 24.3 Å². The van der Waals surface area contributed by atoms with Crippen LogP contribution in [0.25, 0.3) is 0 Å². The minimum Gasteiger partial charge on any atom is -0.481 e. The molecule has 0 heterocycles. The first-order valence-corrected chi connectivity index (χ1v) is 4.85. The maximum absolute atomic E-state index is 11.0. The zero-order valence-corrected chi connectivity index (χ0v) is 9.01. The Hall–Kier alpha value is -2.04. The number of hydrogen-bond acceptors (Lipinski definition) is 2. The Bertz CT molecular complexity index is 404. The van der Waals surface area contributed by atoms with Gasteiger partial charge in [-0.3, -0.25) is 9.69 Å². The van der Waals surface area contributed by atoms with Gasteiger partial charge in [0.2, 0.25) is 0 Å². The summed E-state index contributed by atoms with van der Waals surface area (Å²) in [5.41, 5.74) is 6.61. The molecule has 86 valence electrons. The van der Waals surface area contributed by atoms with E-state index >= 15 is 0 Å². The summed E-state index contributed by atoms with van der Waals surface area (Å²) in [7, 11) is 1.56. The van der Waals surface area contributed by atoms with Crippen molar-refractivity contribution in [3.05, 3.63) is 29.8 Å². The first-order chi connectivity index (χ1) is 7.52. The topological polar surface area (TPSA) is 83.6 Å². The van der Waals surface area contributed by atoms with Gasteiger partial charge in [0.15, 0.2) is 0 Å². The number of amides is 2. The lowest BCUT2D eigenvalue weighted by Crippen LogP contribution is -2.32. The van der Waals surface area contributed by atoms with Crippen LogP contribution >= 0.6 is 0 Å². The fourth-order valence-corrected chi connectivity index (χ4v) is 1.41. The van der Waals surface area contributed by atoms with E-state index in [1.54, 1.807) is 31.3 Å². The van der Waals surface area contributed by atoms with E-state index in [0.717, 1.165) is 5.56 Å². The number of aliphatic carboxylic acids is 1. The Kier molecular flexibility index (Phi) is 3.88. The molecule has 16 heavy (non-hydrogen) atoms. The molecule has 0 aliphatic heterocycles. The second-order valence-electron chi connectivity index (χ2n) is 3.42. The van der Waals surface area contributed by atoms with Gasteiger partial charge in [-0.25, -0.2) is 4.79 Å². The SMILES string of the molecule is CN(C(N)=O)c1ccccc1CCC(=O)O. The summed E-state index contributed by atoms with van der Waals surface area (Å²) in [5, 5.41) is 8.61. The third kappa shape index (κ3) is 2.98. The molecule has 0 saturated heterocycles. The minimum atomic E-state index is -0.864. The summed E-state index contributed by atoms with van der Waals surface area (Å²) in [6, 6.07) is 6.54. The molecule has 0 saturated carbocycles. The van der Waals surface area contributed by atoms with Gasteiger partial charge in [0.25, 0.3) is 0 Å². The average Bonchev–Trinajstić information content (AvgIpc) is 2.25. The van der Waals surface area contributed by atoms with Crippen LogP contribution in [0, 0.1) is 0 Å². The van der Waals surface area contributed by atoms with Crippen molar-refractivity contribution in [1.82, 2.24) is 0 Å². The Balaban J connectivity index is 2.91. The number of anilines is 1. The highest BCUT2D eigenvalue weighted by Gasteiger charge is 2.11. The van der Waals surface area contributed by atoms with E-state index in [1.807, 2.05) is 0 Å². The number of para-hydroxylation sites is 1. The predicted molar refractivity (Wildman–Crippen MR) is 60.4 cm³/mol. The highest BCUT2D eigenvalue weighted by Crippen LogP contribution is 2.20. The Labute approximate surface area is 93.5 Å². The number of carbonyl (C=O) groups excluding carboxylic acids is 1. The van der Waals surface area contributed by atoms with Crippen LogP contribution in [-0.2, 0) is 11.2 Å². The lowest BCUT2D eigenvalue weighted by atomic mass is 10.1. The number of urea groups is 1. The lowest BCUT2D eigenvalue weighted by molar-refractivity contribution is -0.136. The number of nitrogens with two attached hydrogens (primary N) is 1. The normalized spacial score (nSPS) is 9.81. The summed E-state index contributed by atoms with van der Waals surface area (Å²) >= 11 is 0.